The molecule has 44 heavy (non-hydrogen) atoms. The summed E-state index contributed by atoms with van der Waals surface area (Å²) >= 11 is -4.98. The minimum absolute atomic E-state index is 0.000730. The quantitative estimate of drug-likeness (QED) is 0.166. The third kappa shape index (κ3) is 4.50. The van der Waals surface area contributed by atoms with Crippen LogP contribution in [0.15, 0.2) is 113 Å². The van der Waals surface area contributed by atoms with Crippen molar-refractivity contribution in [3.63, 3.8) is 0 Å². The normalized spacial score (nSPS) is 17.6. The summed E-state index contributed by atoms with van der Waals surface area (Å²) in [5.74, 6) is 1.77. The first-order valence-electron chi connectivity index (χ1n) is 15.3. The van der Waals surface area contributed by atoms with Crippen LogP contribution in [0.5, 0.6) is 0 Å². The molecule has 2 aliphatic carbocycles. The minimum atomic E-state index is -4.98. The van der Waals surface area contributed by atoms with Crippen LogP contribution in [0.3, 0.4) is 0 Å². The fourth-order valence-electron chi connectivity index (χ4n) is 7.79. The Kier molecular flexibility index (Phi) is 7.49. The van der Waals surface area contributed by atoms with E-state index in [1.54, 1.807) is 0 Å². The van der Waals surface area contributed by atoms with Crippen LogP contribution in [0.4, 0.5) is 0 Å². The molecular formula is C39H36Cl2OSiZr. The number of hydrogen-bond donors (Lipinski definition) is 0. The van der Waals surface area contributed by atoms with E-state index < -0.39 is 20.4 Å². The average Bonchev–Trinajstić information content (AvgIpc) is 3.72. The molecule has 0 aliphatic heterocycles. The second-order valence-corrected chi connectivity index (χ2v) is 51.5. The predicted molar refractivity (Wildman–Crippen MR) is 188 cm³/mol. The third-order valence-electron chi connectivity index (χ3n) is 9.87. The van der Waals surface area contributed by atoms with Gasteiger partial charge in [0, 0.05) is 0 Å². The second kappa shape index (κ2) is 11.0. The van der Waals surface area contributed by atoms with Gasteiger partial charge in [-0.3, -0.25) is 0 Å². The summed E-state index contributed by atoms with van der Waals surface area (Å²) in [6, 6.07) is 36.8. The van der Waals surface area contributed by atoms with E-state index in [1.807, 2.05) is 6.92 Å². The molecular weight excluding hydrogens is 675 g/mol. The van der Waals surface area contributed by atoms with Gasteiger partial charge < -0.3 is 0 Å². The number of hydrogen-bond acceptors (Lipinski definition) is 1. The Balaban J connectivity index is 1.53. The molecule has 0 amide bonds. The van der Waals surface area contributed by atoms with Crippen LogP contribution >= 0.6 is 17.0 Å². The van der Waals surface area contributed by atoms with Gasteiger partial charge in [0.15, 0.2) is 0 Å². The first kappa shape index (κ1) is 30.0. The Morgan fingerprint density at radius 3 is 1.93 bits per heavy atom. The van der Waals surface area contributed by atoms with E-state index in [0.29, 0.717) is 0 Å². The number of halogens is 2. The molecule has 4 aromatic carbocycles. The molecule has 2 atom stereocenters. The Morgan fingerprint density at radius 1 is 0.636 bits per heavy atom. The summed E-state index contributed by atoms with van der Waals surface area (Å²) in [4.78, 5) is 0. The van der Waals surface area contributed by atoms with Crippen molar-refractivity contribution in [1.82, 2.24) is 0 Å². The molecule has 5 aromatic rings. The number of fused-ring (bicyclic) bond motifs is 2. The topological polar surface area (TPSA) is 13.1 Å². The van der Waals surface area contributed by atoms with Gasteiger partial charge in [0.2, 0.25) is 0 Å². The molecule has 0 saturated carbocycles. The molecule has 1 nitrogen and oxygen atoms in total. The van der Waals surface area contributed by atoms with Crippen LogP contribution in [0.2, 0.25) is 13.1 Å². The van der Waals surface area contributed by atoms with Crippen molar-refractivity contribution < 1.29 is 19.4 Å². The Bertz CT molecular complexity index is 2080. The van der Waals surface area contributed by atoms with E-state index in [2.05, 4.69) is 142 Å². The standard InChI is InChI=1S/C21H17O.C16H13.C2H6Si.2ClH.Zr/c1-14-8-10-17-12-18(20-11-9-15(2)22-20)13-19(17)21(14)16-6-4-3-5-7-16;1-12-10-14-8-5-9-15(16(14)11-12)13-6-3-2-4-7-13;1-3-2;;;/h3-13H,1-2H3;2-11H,1H3;1-2H3;2*1H;/q;;;;;+2/p-2. The van der Waals surface area contributed by atoms with Gasteiger partial charge in [-0.15, -0.1) is 0 Å². The molecule has 0 radical (unpaired) electrons. The van der Waals surface area contributed by atoms with Crippen LogP contribution in [0, 0.1) is 13.8 Å². The Labute approximate surface area is 269 Å². The van der Waals surface area contributed by atoms with Crippen molar-refractivity contribution in [1.29, 1.82) is 0 Å². The maximum atomic E-state index is 8.58. The molecule has 1 aromatic heterocycles. The molecule has 0 saturated heterocycles. The van der Waals surface area contributed by atoms with Crippen LogP contribution in [0.25, 0.3) is 40.0 Å². The molecule has 0 N–H and O–H groups in total. The Hall–Kier alpha value is -2.68. The maximum absolute atomic E-state index is 8.58. The van der Waals surface area contributed by atoms with E-state index in [0.717, 1.165) is 17.1 Å². The number of rotatable bonds is 5. The number of allylic oxidation sites excluding steroid dienone is 2. The van der Waals surface area contributed by atoms with Gasteiger partial charge in [0.1, 0.15) is 0 Å². The van der Waals surface area contributed by atoms with Gasteiger partial charge in [-0.25, -0.2) is 0 Å². The molecule has 5 heteroatoms. The summed E-state index contributed by atoms with van der Waals surface area (Å²) in [5, 5.41) is 0. The van der Waals surface area contributed by atoms with Gasteiger partial charge in [-0.05, 0) is 0 Å². The zero-order valence-corrected chi connectivity index (χ0v) is 30.8. The van der Waals surface area contributed by atoms with Gasteiger partial charge >= 0.3 is 271 Å². The fourth-order valence-corrected chi connectivity index (χ4v) is 36.8. The molecule has 2 unspecified atom stereocenters. The second-order valence-electron chi connectivity index (χ2n) is 12.7. The molecule has 220 valence electrons. The summed E-state index contributed by atoms with van der Waals surface area (Å²) < 4.78 is 6.30. The zero-order valence-electron chi connectivity index (χ0n) is 25.8. The fraction of sp³-hybridized carbons (Fsp3) is 0.179. The summed E-state index contributed by atoms with van der Waals surface area (Å²) in [6.45, 7) is 11.2. The molecule has 0 bridgehead atoms. The van der Waals surface area contributed by atoms with Crippen molar-refractivity contribution in [2.75, 3.05) is 0 Å². The van der Waals surface area contributed by atoms with E-state index in [4.69, 9.17) is 21.4 Å². The van der Waals surface area contributed by atoms with E-state index in [1.165, 1.54) is 55.6 Å². The summed E-state index contributed by atoms with van der Waals surface area (Å²) in [6.07, 6.45) is 4.72. The van der Waals surface area contributed by atoms with E-state index >= 15 is 0 Å². The molecule has 0 fully saturated rings. The van der Waals surface area contributed by atoms with Crippen molar-refractivity contribution in [3.8, 4) is 22.3 Å². The summed E-state index contributed by atoms with van der Waals surface area (Å²) in [7, 11) is 17.2. The number of furan rings is 1. The number of aryl methyl sites for hydroxylation is 2. The van der Waals surface area contributed by atoms with E-state index in [-0.39, 0.29) is 7.25 Å². The molecule has 7 rings (SSSR count). The third-order valence-corrected chi connectivity index (χ3v) is 56.5. The number of benzene rings is 4. The first-order chi connectivity index (χ1) is 21.1. The van der Waals surface area contributed by atoms with Gasteiger partial charge in [0.25, 0.3) is 0 Å². The van der Waals surface area contributed by atoms with Crippen molar-refractivity contribution in [2.24, 2.45) is 0 Å². The van der Waals surface area contributed by atoms with Crippen LogP contribution in [-0.2, 0) is 15.0 Å². The zero-order chi connectivity index (χ0) is 30.8. The van der Waals surface area contributed by atoms with Gasteiger partial charge in [0.05, 0.1) is 0 Å². The Morgan fingerprint density at radius 2 is 1.30 bits per heavy atom. The molecule has 2 aliphatic rings. The van der Waals surface area contributed by atoms with Gasteiger partial charge in [-0.2, -0.15) is 0 Å². The first-order valence-corrected chi connectivity index (χ1v) is 30.7. The molecule has 0 spiro atoms. The van der Waals surface area contributed by atoms with Crippen molar-refractivity contribution >= 4 is 40.2 Å². The van der Waals surface area contributed by atoms with Gasteiger partial charge in [-0.1, -0.05) is 0 Å². The van der Waals surface area contributed by atoms with Crippen LogP contribution in [-0.4, -0.2) is 5.43 Å². The van der Waals surface area contributed by atoms with E-state index in [9.17, 15) is 0 Å². The summed E-state index contributed by atoms with van der Waals surface area (Å²) in [5.41, 5.74) is 12.4. The van der Waals surface area contributed by atoms with Crippen molar-refractivity contribution in [2.45, 2.75) is 41.1 Å². The monoisotopic (exact) mass is 708 g/mol. The molecule has 1 heterocycles. The average molecular weight is 711 g/mol. The predicted octanol–water partition coefficient (Wildman–Crippen LogP) is 12.2. The van der Waals surface area contributed by atoms with Crippen LogP contribution < -0.4 is 0 Å². The van der Waals surface area contributed by atoms with Crippen molar-refractivity contribution in [3.05, 3.63) is 148 Å². The SMILES string of the molecule is CC1=Cc2c(-c3ccccc3)cccc2[CH]1[Zr]([Cl])([Cl])([CH]1C(c2ccc(C)o2)=Cc2c1ccc(C)c2-c1ccccc1)=[Si](C)C. The van der Waals surface area contributed by atoms with Crippen LogP contribution in [0.1, 0.15) is 53.5 Å².